The fraction of sp³-hybridized carbons (Fsp3) is 0. The Morgan fingerprint density at radius 2 is 2.10 bits per heavy atom. The molecule has 2 rings (SSSR count). The molecule has 0 aliphatic rings. The summed E-state index contributed by atoms with van der Waals surface area (Å²) in [5, 5.41) is 8.83. The topological polar surface area (TPSA) is 95.7 Å². The number of hydrogen-bond acceptors (Lipinski definition) is 5. The lowest BCUT2D eigenvalue weighted by atomic mass is 10.2. The lowest BCUT2D eigenvalue weighted by molar-refractivity contribution is 0.593. The van der Waals surface area contributed by atoms with E-state index < -0.39 is 26.3 Å². The van der Waals surface area contributed by atoms with Crippen LogP contribution >= 0.6 is 11.6 Å². The summed E-state index contributed by atoms with van der Waals surface area (Å²) < 4.78 is 39.7. The first-order valence-corrected chi connectivity index (χ1v) is 6.99. The fourth-order valence-electron chi connectivity index (χ4n) is 1.42. The smallest absolute Gasteiger partial charge is 0.262 e. The van der Waals surface area contributed by atoms with E-state index in [1.807, 2.05) is 0 Å². The molecule has 0 fully saturated rings. The number of benzene rings is 1. The van der Waals surface area contributed by atoms with Crippen molar-refractivity contribution >= 4 is 27.4 Å². The predicted octanol–water partition coefficient (Wildman–Crippen LogP) is 1.94. The Labute approximate surface area is 118 Å². The molecule has 0 aliphatic carbocycles. The van der Waals surface area contributed by atoms with Crippen molar-refractivity contribution in [2.45, 2.75) is 4.90 Å². The Hall–Kier alpha value is -2.24. The van der Waals surface area contributed by atoms with Crippen molar-refractivity contribution in [1.82, 2.24) is 9.97 Å². The summed E-state index contributed by atoms with van der Waals surface area (Å²) in [6.45, 7) is 0. The first-order chi connectivity index (χ1) is 9.44. The second-order valence-electron chi connectivity index (χ2n) is 3.56. The number of sulfonamides is 1. The molecule has 1 heterocycles. The van der Waals surface area contributed by atoms with Gasteiger partial charge in [-0.3, -0.25) is 9.71 Å². The zero-order valence-electron chi connectivity index (χ0n) is 9.71. The molecule has 20 heavy (non-hydrogen) atoms. The highest BCUT2D eigenvalue weighted by atomic mass is 35.5. The minimum atomic E-state index is -4.17. The van der Waals surface area contributed by atoms with Crippen LogP contribution in [0, 0.1) is 17.1 Å². The largest absolute Gasteiger partial charge is 0.264 e. The van der Waals surface area contributed by atoms with Gasteiger partial charge in [0.2, 0.25) is 0 Å². The summed E-state index contributed by atoms with van der Waals surface area (Å²) in [5.41, 5.74) is -0.574. The number of anilines is 1. The number of nitrogens with one attached hydrogen (secondary N) is 1. The normalized spacial score (nSPS) is 10.8. The van der Waals surface area contributed by atoms with Gasteiger partial charge in [-0.2, -0.15) is 5.26 Å². The molecule has 1 aromatic carbocycles. The van der Waals surface area contributed by atoms with Crippen molar-refractivity contribution in [2.75, 3.05) is 4.72 Å². The highest BCUT2D eigenvalue weighted by Crippen LogP contribution is 2.20. The maximum absolute atomic E-state index is 13.4. The van der Waals surface area contributed by atoms with Crippen LogP contribution in [0.2, 0.25) is 5.15 Å². The third-order valence-electron chi connectivity index (χ3n) is 2.22. The van der Waals surface area contributed by atoms with E-state index in [-0.39, 0.29) is 11.0 Å². The molecule has 0 bridgehead atoms. The van der Waals surface area contributed by atoms with Crippen LogP contribution in [0.15, 0.2) is 35.5 Å². The molecule has 0 saturated carbocycles. The summed E-state index contributed by atoms with van der Waals surface area (Å²) in [4.78, 5) is 6.88. The number of aromatic nitrogens is 2. The molecule has 6 nitrogen and oxygen atoms in total. The Morgan fingerprint density at radius 3 is 2.75 bits per heavy atom. The van der Waals surface area contributed by atoms with E-state index in [0.717, 1.165) is 18.3 Å². The van der Waals surface area contributed by atoms with Gasteiger partial charge in [-0.1, -0.05) is 17.7 Å². The van der Waals surface area contributed by atoms with Gasteiger partial charge in [0.05, 0.1) is 12.4 Å². The van der Waals surface area contributed by atoms with Crippen LogP contribution in [0.3, 0.4) is 0 Å². The highest BCUT2D eigenvalue weighted by molar-refractivity contribution is 7.92. The van der Waals surface area contributed by atoms with Crippen LogP contribution in [-0.2, 0) is 10.0 Å². The highest BCUT2D eigenvalue weighted by Gasteiger charge is 2.21. The van der Waals surface area contributed by atoms with Crippen LogP contribution in [0.5, 0.6) is 0 Å². The molecule has 0 atom stereocenters. The van der Waals surface area contributed by atoms with E-state index in [1.165, 1.54) is 18.3 Å². The number of nitrogens with zero attached hydrogens (tertiary/aromatic N) is 3. The van der Waals surface area contributed by atoms with Crippen molar-refractivity contribution in [2.24, 2.45) is 0 Å². The van der Waals surface area contributed by atoms with Crippen LogP contribution in [0.25, 0.3) is 0 Å². The number of nitriles is 1. The third-order valence-corrected chi connectivity index (χ3v) is 3.80. The Balaban J connectivity index is 2.47. The molecule has 102 valence electrons. The van der Waals surface area contributed by atoms with E-state index in [4.69, 9.17) is 16.9 Å². The first-order valence-electron chi connectivity index (χ1n) is 5.13. The van der Waals surface area contributed by atoms with Gasteiger partial charge in [-0.05, 0) is 12.1 Å². The van der Waals surface area contributed by atoms with Crippen LogP contribution < -0.4 is 4.72 Å². The molecular formula is C11H6ClFN4O2S. The van der Waals surface area contributed by atoms with Gasteiger partial charge in [0.25, 0.3) is 10.0 Å². The molecule has 0 amide bonds. The molecule has 0 saturated heterocycles. The molecule has 0 unspecified atom stereocenters. The van der Waals surface area contributed by atoms with E-state index in [2.05, 4.69) is 14.7 Å². The molecule has 0 aliphatic heterocycles. The maximum Gasteiger partial charge on any atom is 0.264 e. The monoisotopic (exact) mass is 312 g/mol. The number of halogens is 2. The van der Waals surface area contributed by atoms with Crippen molar-refractivity contribution in [3.05, 3.63) is 47.1 Å². The molecule has 1 N–H and O–H groups in total. The van der Waals surface area contributed by atoms with Gasteiger partial charge in [-0.25, -0.2) is 17.8 Å². The van der Waals surface area contributed by atoms with Gasteiger partial charge < -0.3 is 0 Å². The van der Waals surface area contributed by atoms with Crippen molar-refractivity contribution in [1.29, 1.82) is 5.26 Å². The molecule has 0 radical (unpaired) electrons. The summed E-state index contributed by atoms with van der Waals surface area (Å²) in [6.07, 6.45) is 2.36. The SMILES string of the molecule is N#Cc1c(F)cccc1S(=O)(=O)Nc1cncc(Cl)n1. The van der Waals surface area contributed by atoms with E-state index >= 15 is 0 Å². The van der Waals surface area contributed by atoms with Crippen LogP contribution in [-0.4, -0.2) is 18.4 Å². The quantitative estimate of drug-likeness (QED) is 0.934. The molecule has 1 aromatic heterocycles. The Morgan fingerprint density at radius 1 is 1.35 bits per heavy atom. The van der Waals surface area contributed by atoms with E-state index in [9.17, 15) is 12.8 Å². The average molecular weight is 313 g/mol. The second kappa shape index (κ2) is 5.40. The standard InChI is InChI=1S/C11H6ClFN4O2S/c12-10-5-15-6-11(16-10)17-20(18,19)9-3-1-2-8(13)7(9)4-14/h1-3,5-6H,(H,16,17). The predicted molar refractivity (Wildman–Crippen MR) is 69.0 cm³/mol. The molecule has 9 heteroatoms. The van der Waals surface area contributed by atoms with Gasteiger partial charge in [0, 0.05) is 0 Å². The van der Waals surface area contributed by atoms with Crippen molar-refractivity contribution in [3.63, 3.8) is 0 Å². The third kappa shape index (κ3) is 2.84. The minimum absolute atomic E-state index is 0.00931. The molecule has 0 spiro atoms. The first kappa shape index (κ1) is 14.2. The lowest BCUT2D eigenvalue weighted by Crippen LogP contribution is -2.16. The van der Waals surface area contributed by atoms with Gasteiger partial charge in [0.15, 0.2) is 5.82 Å². The average Bonchev–Trinajstić information content (AvgIpc) is 2.38. The number of hydrogen-bond donors (Lipinski definition) is 1. The van der Waals surface area contributed by atoms with Crippen molar-refractivity contribution in [3.8, 4) is 6.07 Å². The number of rotatable bonds is 3. The second-order valence-corrected chi connectivity index (χ2v) is 5.60. The Bertz CT molecular complexity index is 804. The molecular weight excluding hydrogens is 307 g/mol. The van der Waals surface area contributed by atoms with Gasteiger partial charge >= 0.3 is 0 Å². The minimum Gasteiger partial charge on any atom is -0.262 e. The van der Waals surface area contributed by atoms with E-state index in [0.29, 0.717) is 0 Å². The lowest BCUT2D eigenvalue weighted by Gasteiger charge is -2.08. The maximum atomic E-state index is 13.4. The van der Waals surface area contributed by atoms with Crippen molar-refractivity contribution < 1.29 is 12.8 Å². The summed E-state index contributed by atoms with van der Waals surface area (Å²) in [7, 11) is -4.17. The Kier molecular flexibility index (Phi) is 3.83. The van der Waals surface area contributed by atoms with Gasteiger partial charge in [-0.15, -0.1) is 0 Å². The van der Waals surface area contributed by atoms with E-state index in [1.54, 1.807) is 0 Å². The molecule has 2 aromatic rings. The summed E-state index contributed by atoms with van der Waals surface area (Å²) in [6, 6.07) is 4.81. The van der Waals surface area contributed by atoms with Gasteiger partial charge in [0.1, 0.15) is 27.5 Å². The zero-order chi connectivity index (χ0) is 14.8. The summed E-state index contributed by atoms with van der Waals surface area (Å²) >= 11 is 5.58. The fourth-order valence-corrected chi connectivity index (χ4v) is 2.72. The summed E-state index contributed by atoms with van der Waals surface area (Å²) in [5.74, 6) is -1.06. The van der Waals surface area contributed by atoms with Crippen LogP contribution in [0.1, 0.15) is 5.56 Å². The zero-order valence-corrected chi connectivity index (χ0v) is 11.3. The van der Waals surface area contributed by atoms with Crippen LogP contribution in [0.4, 0.5) is 10.2 Å².